The Morgan fingerprint density at radius 2 is 2.10 bits per heavy atom. The molecule has 0 aliphatic heterocycles. The summed E-state index contributed by atoms with van der Waals surface area (Å²) in [4.78, 5) is 11.9. The van der Waals surface area contributed by atoms with Crippen LogP contribution in [0.25, 0.3) is 0 Å². The van der Waals surface area contributed by atoms with Crippen LogP contribution in [0.3, 0.4) is 0 Å². The molecule has 1 aromatic carbocycles. The first-order chi connectivity index (χ1) is 9.66. The van der Waals surface area contributed by atoms with Crippen molar-refractivity contribution < 1.29 is 9.53 Å². The van der Waals surface area contributed by atoms with Crippen LogP contribution in [0.15, 0.2) is 22.7 Å². The fourth-order valence-electron chi connectivity index (χ4n) is 2.39. The molecule has 0 heterocycles. The van der Waals surface area contributed by atoms with E-state index in [4.69, 9.17) is 10.5 Å². The van der Waals surface area contributed by atoms with E-state index in [0.29, 0.717) is 30.5 Å². The molecule has 4 nitrogen and oxygen atoms in total. The fraction of sp³-hybridized carbons (Fsp3) is 0.533. The average molecular weight is 341 g/mol. The summed E-state index contributed by atoms with van der Waals surface area (Å²) < 4.78 is 6.51. The van der Waals surface area contributed by atoms with E-state index in [1.54, 1.807) is 18.2 Å². The summed E-state index contributed by atoms with van der Waals surface area (Å²) in [6.07, 6.45) is 6.53. The van der Waals surface area contributed by atoms with Gasteiger partial charge in [-0.05, 0) is 47.0 Å². The summed E-state index contributed by atoms with van der Waals surface area (Å²) in [6.45, 7) is 1.11. The first-order valence-electron chi connectivity index (χ1n) is 7.11. The molecule has 0 saturated heterocycles. The zero-order valence-corrected chi connectivity index (χ0v) is 13.1. The lowest BCUT2D eigenvalue weighted by atomic mass is 9.98. The van der Waals surface area contributed by atoms with Gasteiger partial charge in [-0.2, -0.15) is 0 Å². The highest BCUT2D eigenvalue weighted by Gasteiger charge is 2.13. The highest BCUT2D eigenvalue weighted by Crippen LogP contribution is 2.21. The van der Waals surface area contributed by atoms with Gasteiger partial charge in [0.25, 0.3) is 5.91 Å². The molecule has 5 heteroatoms. The number of anilines is 1. The van der Waals surface area contributed by atoms with E-state index in [9.17, 15) is 4.79 Å². The van der Waals surface area contributed by atoms with E-state index in [0.717, 1.165) is 17.3 Å². The Labute approximate surface area is 128 Å². The molecule has 3 N–H and O–H groups in total. The highest BCUT2D eigenvalue weighted by atomic mass is 79.9. The zero-order chi connectivity index (χ0) is 14.4. The number of carbonyl (C=O) groups is 1. The van der Waals surface area contributed by atoms with Gasteiger partial charge in [0.15, 0.2) is 0 Å². The van der Waals surface area contributed by atoms with Crippen LogP contribution >= 0.6 is 15.9 Å². The molecule has 1 aliphatic carbocycles. The number of ether oxygens (including phenoxy) is 1. The van der Waals surface area contributed by atoms with Crippen molar-refractivity contribution in [2.24, 2.45) is 0 Å². The van der Waals surface area contributed by atoms with Gasteiger partial charge in [0.2, 0.25) is 0 Å². The summed E-state index contributed by atoms with van der Waals surface area (Å²) in [5.41, 5.74) is 6.92. The second kappa shape index (κ2) is 7.64. The molecule has 1 amide bonds. The Morgan fingerprint density at radius 3 is 2.80 bits per heavy atom. The second-order valence-electron chi connectivity index (χ2n) is 5.12. The Hall–Kier alpha value is -1.07. The predicted octanol–water partition coefficient (Wildman–Crippen LogP) is 3.11. The number of nitrogens with two attached hydrogens (primary N) is 1. The van der Waals surface area contributed by atoms with Gasteiger partial charge in [-0.3, -0.25) is 4.79 Å². The van der Waals surface area contributed by atoms with Crippen LogP contribution < -0.4 is 11.1 Å². The van der Waals surface area contributed by atoms with E-state index < -0.39 is 0 Å². The smallest absolute Gasteiger partial charge is 0.251 e. The zero-order valence-electron chi connectivity index (χ0n) is 11.5. The number of carbonyl (C=O) groups excluding carboxylic acids is 1. The molecule has 2 rings (SSSR count). The number of nitrogen functional groups attached to an aromatic ring is 1. The Bertz CT molecular complexity index is 459. The molecule has 1 saturated carbocycles. The summed E-state index contributed by atoms with van der Waals surface area (Å²) in [5.74, 6) is -0.0991. The number of hydrogen-bond donors (Lipinski definition) is 2. The lowest BCUT2D eigenvalue weighted by Gasteiger charge is -2.22. The molecule has 1 aliphatic rings. The van der Waals surface area contributed by atoms with Gasteiger partial charge in [0.05, 0.1) is 12.7 Å². The van der Waals surface area contributed by atoms with Crippen molar-refractivity contribution in [2.45, 2.75) is 38.2 Å². The van der Waals surface area contributed by atoms with Gasteiger partial charge in [0, 0.05) is 22.3 Å². The largest absolute Gasteiger partial charge is 0.398 e. The summed E-state index contributed by atoms with van der Waals surface area (Å²) in [7, 11) is 0. The molecule has 20 heavy (non-hydrogen) atoms. The minimum Gasteiger partial charge on any atom is -0.398 e. The van der Waals surface area contributed by atoms with Crippen molar-refractivity contribution in [2.75, 3.05) is 18.9 Å². The molecule has 0 radical (unpaired) electrons. The van der Waals surface area contributed by atoms with E-state index >= 15 is 0 Å². The topological polar surface area (TPSA) is 64.4 Å². The minimum atomic E-state index is -0.0991. The highest BCUT2D eigenvalue weighted by molar-refractivity contribution is 9.10. The lowest BCUT2D eigenvalue weighted by molar-refractivity contribution is 0.0299. The Morgan fingerprint density at radius 1 is 1.35 bits per heavy atom. The van der Waals surface area contributed by atoms with E-state index in [1.807, 2.05) is 0 Å². The summed E-state index contributed by atoms with van der Waals surface area (Å²) in [5, 5.41) is 2.86. The molecular formula is C15H21BrN2O2. The van der Waals surface area contributed by atoms with Gasteiger partial charge in [-0.25, -0.2) is 0 Å². The molecule has 1 aromatic rings. The normalized spacial score (nSPS) is 16.1. The number of benzene rings is 1. The Balaban J connectivity index is 1.70. The molecule has 0 aromatic heterocycles. The average Bonchev–Trinajstić information content (AvgIpc) is 2.47. The number of halogens is 1. The fourth-order valence-corrected chi connectivity index (χ4v) is 2.77. The van der Waals surface area contributed by atoms with Crippen molar-refractivity contribution in [3.63, 3.8) is 0 Å². The number of nitrogens with one attached hydrogen (secondary N) is 1. The third-order valence-corrected chi connectivity index (χ3v) is 4.24. The SMILES string of the molecule is Nc1ccc(C(=O)NCCOC2CCCCC2)cc1Br. The monoisotopic (exact) mass is 340 g/mol. The standard InChI is InChI=1S/C15H21BrN2O2/c16-13-10-11(6-7-14(13)17)15(19)18-8-9-20-12-4-2-1-3-5-12/h6-7,10,12H,1-5,8-9,17H2,(H,18,19). The summed E-state index contributed by atoms with van der Waals surface area (Å²) in [6, 6.07) is 5.17. The second-order valence-corrected chi connectivity index (χ2v) is 5.98. The third-order valence-electron chi connectivity index (χ3n) is 3.56. The minimum absolute atomic E-state index is 0.0991. The van der Waals surface area contributed by atoms with Gasteiger partial charge in [-0.15, -0.1) is 0 Å². The number of hydrogen-bond acceptors (Lipinski definition) is 3. The maximum Gasteiger partial charge on any atom is 0.251 e. The van der Waals surface area contributed by atoms with Crippen LogP contribution in [0, 0.1) is 0 Å². The van der Waals surface area contributed by atoms with E-state index in [2.05, 4.69) is 21.2 Å². The maximum atomic E-state index is 11.9. The maximum absolute atomic E-state index is 11.9. The van der Waals surface area contributed by atoms with Crippen LogP contribution in [-0.4, -0.2) is 25.2 Å². The molecule has 1 fully saturated rings. The molecule has 0 bridgehead atoms. The quantitative estimate of drug-likeness (QED) is 0.639. The lowest BCUT2D eigenvalue weighted by Crippen LogP contribution is -2.29. The van der Waals surface area contributed by atoms with Crippen molar-refractivity contribution in [3.05, 3.63) is 28.2 Å². The van der Waals surface area contributed by atoms with Crippen LogP contribution in [0.4, 0.5) is 5.69 Å². The molecule has 0 spiro atoms. The summed E-state index contributed by atoms with van der Waals surface area (Å²) >= 11 is 3.32. The van der Waals surface area contributed by atoms with Gasteiger partial charge in [-0.1, -0.05) is 19.3 Å². The Kier molecular flexibility index (Phi) is 5.86. The van der Waals surface area contributed by atoms with Gasteiger partial charge >= 0.3 is 0 Å². The van der Waals surface area contributed by atoms with E-state index in [1.165, 1.54) is 19.3 Å². The first-order valence-corrected chi connectivity index (χ1v) is 7.91. The third kappa shape index (κ3) is 4.49. The van der Waals surface area contributed by atoms with Gasteiger partial charge in [0.1, 0.15) is 0 Å². The van der Waals surface area contributed by atoms with Crippen molar-refractivity contribution in [1.82, 2.24) is 5.32 Å². The van der Waals surface area contributed by atoms with Gasteiger partial charge < -0.3 is 15.8 Å². The number of amides is 1. The first kappa shape index (κ1) is 15.3. The van der Waals surface area contributed by atoms with Crippen molar-refractivity contribution in [1.29, 1.82) is 0 Å². The predicted molar refractivity (Wildman–Crippen MR) is 83.7 cm³/mol. The van der Waals surface area contributed by atoms with Crippen molar-refractivity contribution >= 4 is 27.5 Å². The molecule has 110 valence electrons. The number of rotatable bonds is 5. The van der Waals surface area contributed by atoms with E-state index in [-0.39, 0.29) is 5.91 Å². The van der Waals surface area contributed by atoms with Crippen LogP contribution in [-0.2, 0) is 4.74 Å². The van der Waals surface area contributed by atoms with Crippen LogP contribution in [0.1, 0.15) is 42.5 Å². The molecule has 0 unspecified atom stereocenters. The van der Waals surface area contributed by atoms with Crippen LogP contribution in [0.5, 0.6) is 0 Å². The molecular weight excluding hydrogens is 320 g/mol. The van der Waals surface area contributed by atoms with Crippen molar-refractivity contribution in [3.8, 4) is 0 Å². The molecule has 0 atom stereocenters. The van der Waals surface area contributed by atoms with Crippen LogP contribution in [0.2, 0.25) is 0 Å².